The summed E-state index contributed by atoms with van der Waals surface area (Å²) in [5.41, 5.74) is 0.745. The molecule has 0 atom stereocenters. The van der Waals surface area contributed by atoms with E-state index in [1.807, 2.05) is 0 Å². The highest BCUT2D eigenvalue weighted by Crippen LogP contribution is 2.30. The first-order chi connectivity index (χ1) is 11.0. The van der Waals surface area contributed by atoms with Crippen LogP contribution in [0.5, 0.6) is 11.5 Å². The number of methoxy groups -OCH3 is 3. The Hall–Kier alpha value is -2.61. The number of aromatic nitrogens is 1. The number of anilines is 1. The predicted molar refractivity (Wildman–Crippen MR) is 85.7 cm³/mol. The summed E-state index contributed by atoms with van der Waals surface area (Å²) in [5, 5.41) is 2.94. The van der Waals surface area contributed by atoms with Crippen molar-refractivity contribution in [3.8, 4) is 11.5 Å². The van der Waals surface area contributed by atoms with Gasteiger partial charge in [-0.3, -0.25) is 10.1 Å². The highest BCUT2D eigenvalue weighted by molar-refractivity contribution is 7.17. The van der Waals surface area contributed by atoms with Gasteiger partial charge in [0.05, 0.1) is 27.0 Å². The number of nitrogens with zero attached hydrogens (tertiary/aromatic N) is 1. The van der Waals surface area contributed by atoms with Crippen LogP contribution in [0.2, 0.25) is 0 Å². The van der Waals surface area contributed by atoms with Crippen LogP contribution in [0.4, 0.5) is 5.13 Å². The molecule has 7 nitrogen and oxygen atoms in total. The Morgan fingerprint density at radius 2 is 1.74 bits per heavy atom. The molecule has 1 amide bonds. The van der Waals surface area contributed by atoms with E-state index in [2.05, 4.69) is 15.0 Å². The monoisotopic (exact) mass is 336 g/mol. The lowest BCUT2D eigenvalue weighted by molar-refractivity contribution is 0.0605. The number of rotatable bonds is 5. The van der Waals surface area contributed by atoms with Crippen molar-refractivity contribution in [2.45, 2.75) is 6.92 Å². The fraction of sp³-hybridized carbons (Fsp3) is 0.267. The number of aryl methyl sites for hydroxylation is 1. The molecule has 0 aliphatic carbocycles. The number of hydrogen-bond acceptors (Lipinski definition) is 7. The van der Waals surface area contributed by atoms with Gasteiger partial charge in [0.25, 0.3) is 5.91 Å². The Bertz CT molecular complexity index is 719. The van der Waals surface area contributed by atoms with Gasteiger partial charge in [0.1, 0.15) is 21.9 Å². The molecule has 1 aromatic heterocycles. The van der Waals surface area contributed by atoms with Crippen molar-refractivity contribution in [3.05, 3.63) is 34.3 Å². The van der Waals surface area contributed by atoms with Gasteiger partial charge in [0, 0.05) is 0 Å². The minimum absolute atomic E-state index is 0.255. The number of hydrogen-bond donors (Lipinski definition) is 1. The molecule has 0 radical (unpaired) electrons. The summed E-state index contributed by atoms with van der Waals surface area (Å²) >= 11 is 1.04. The van der Waals surface area contributed by atoms with E-state index >= 15 is 0 Å². The highest BCUT2D eigenvalue weighted by Gasteiger charge is 2.21. The van der Waals surface area contributed by atoms with Gasteiger partial charge in [-0.25, -0.2) is 9.78 Å². The Kier molecular flexibility index (Phi) is 5.17. The van der Waals surface area contributed by atoms with Gasteiger partial charge in [-0.15, -0.1) is 0 Å². The summed E-state index contributed by atoms with van der Waals surface area (Å²) < 4.78 is 15.1. The Morgan fingerprint density at radius 3 is 2.26 bits per heavy atom. The molecule has 1 aromatic carbocycles. The molecule has 0 fully saturated rings. The van der Waals surface area contributed by atoms with E-state index in [4.69, 9.17) is 9.47 Å². The van der Waals surface area contributed by atoms with Crippen molar-refractivity contribution in [2.75, 3.05) is 26.6 Å². The zero-order chi connectivity index (χ0) is 17.0. The number of carbonyl (C=O) groups is 2. The van der Waals surface area contributed by atoms with Gasteiger partial charge in [0.15, 0.2) is 5.13 Å². The van der Waals surface area contributed by atoms with E-state index in [0.717, 1.165) is 11.3 Å². The Labute approximate surface area is 137 Å². The molecular weight excluding hydrogens is 320 g/mol. The van der Waals surface area contributed by atoms with Gasteiger partial charge < -0.3 is 14.2 Å². The molecule has 0 saturated heterocycles. The van der Waals surface area contributed by atoms with E-state index in [9.17, 15) is 9.59 Å². The lowest BCUT2D eigenvalue weighted by Gasteiger charge is -2.11. The summed E-state index contributed by atoms with van der Waals surface area (Å²) in [7, 11) is 4.22. The van der Waals surface area contributed by atoms with E-state index in [1.54, 1.807) is 25.1 Å². The molecule has 2 aromatic rings. The molecular formula is C15H16N2O5S. The quantitative estimate of drug-likeness (QED) is 0.844. The maximum Gasteiger partial charge on any atom is 0.350 e. The number of nitrogens with one attached hydrogen (secondary N) is 1. The van der Waals surface area contributed by atoms with E-state index in [-0.39, 0.29) is 5.56 Å². The van der Waals surface area contributed by atoms with Crippen LogP contribution in [0.1, 0.15) is 25.7 Å². The smallest absolute Gasteiger partial charge is 0.350 e. The SMILES string of the molecule is COC(=O)c1sc(NC(=O)c2c(OC)cccc2OC)nc1C. The number of thiazole rings is 1. The van der Waals surface area contributed by atoms with Crippen molar-refractivity contribution in [1.82, 2.24) is 4.98 Å². The molecule has 0 bridgehead atoms. The second-order valence-electron chi connectivity index (χ2n) is 4.42. The minimum Gasteiger partial charge on any atom is -0.496 e. The summed E-state index contributed by atoms with van der Waals surface area (Å²) in [5.74, 6) is -0.175. The molecule has 0 aliphatic rings. The predicted octanol–water partition coefficient (Wildman–Crippen LogP) is 2.51. The van der Waals surface area contributed by atoms with Gasteiger partial charge in [0.2, 0.25) is 0 Å². The molecule has 0 unspecified atom stereocenters. The molecule has 0 spiro atoms. The van der Waals surface area contributed by atoms with Crippen molar-refractivity contribution in [2.24, 2.45) is 0 Å². The number of ether oxygens (including phenoxy) is 3. The molecule has 2 rings (SSSR count). The van der Waals surface area contributed by atoms with E-state index in [1.165, 1.54) is 21.3 Å². The number of carbonyl (C=O) groups excluding carboxylic acids is 2. The third-order valence-electron chi connectivity index (χ3n) is 3.04. The molecule has 122 valence electrons. The third-order valence-corrected chi connectivity index (χ3v) is 4.10. The van der Waals surface area contributed by atoms with Crippen LogP contribution >= 0.6 is 11.3 Å². The zero-order valence-electron chi connectivity index (χ0n) is 13.1. The van der Waals surface area contributed by atoms with Crippen LogP contribution in [0.15, 0.2) is 18.2 Å². The van der Waals surface area contributed by atoms with Crippen LogP contribution in [-0.2, 0) is 4.74 Å². The number of benzene rings is 1. The molecule has 23 heavy (non-hydrogen) atoms. The van der Waals surface area contributed by atoms with Crippen molar-refractivity contribution in [3.63, 3.8) is 0 Å². The maximum atomic E-state index is 12.5. The first kappa shape index (κ1) is 16.8. The maximum absolute atomic E-state index is 12.5. The average molecular weight is 336 g/mol. The average Bonchev–Trinajstić information content (AvgIpc) is 2.93. The zero-order valence-corrected chi connectivity index (χ0v) is 13.9. The third kappa shape index (κ3) is 3.42. The second-order valence-corrected chi connectivity index (χ2v) is 5.42. The van der Waals surface area contributed by atoms with Gasteiger partial charge in [-0.1, -0.05) is 17.4 Å². The highest BCUT2D eigenvalue weighted by atomic mass is 32.1. The largest absolute Gasteiger partial charge is 0.496 e. The molecule has 0 aliphatic heterocycles. The lowest BCUT2D eigenvalue weighted by atomic mass is 10.1. The number of amides is 1. The van der Waals surface area contributed by atoms with E-state index < -0.39 is 11.9 Å². The molecule has 8 heteroatoms. The molecule has 1 N–H and O–H groups in total. The number of esters is 1. The second kappa shape index (κ2) is 7.10. The topological polar surface area (TPSA) is 86.8 Å². The summed E-state index contributed by atoms with van der Waals surface area (Å²) in [4.78, 5) is 28.6. The van der Waals surface area contributed by atoms with Crippen LogP contribution in [0.25, 0.3) is 0 Å². The van der Waals surface area contributed by atoms with Gasteiger partial charge in [-0.05, 0) is 19.1 Å². The first-order valence-corrected chi connectivity index (χ1v) is 7.41. The minimum atomic E-state index is -0.490. The van der Waals surface area contributed by atoms with Crippen molar-refractivity contribution < 1.29 is 23.8 Å². The molecule has 0 saturated carbocycles. The van der Waals surface area contributed by atoms with Crippen molar-refractivity contribution >= 4 is 28.3 Å². The first-order valence-electron chi connectivity index (χ1n) is 6.59. The van der Waals surface area contributed by atoms with Crippen LogP contribution < -0.4 is 14.8 Å². The Morgan fingerprint density at radius 1 is 1.13 bits per heavy atom. The van der Waals surface area contributed by atoms with Crippen LogP contribution in [0.3, 0.4) is 0 Å². The van der Waals surface area contributed by atoms with Gasteiger partial charge >= 0.3 is 5.97 Å². The van der Waals surface area contributed by atoms with E-state index in [0.29, 0.717) is 27.2 Å². The fourth-order valence-corrected chi connectivity index (χ4v) is 2.85. The van der Waals surface area contributed by atoms with Gasteiger partial charge in [-0.2, -0.15) is 0 Å². The normalized spacial score (nSPS) is 10.1. The summed E-state index contributed by atoms with van der Waals surface area (Å²) in [6.45, 7) is 1.67. The summed E-state index contributed by atoms with van der Waals surface area (Å²) in [6.07, 6.45) is 0. The fourth-order valence-electron chi connectivity index (χ4n) is 1.97. The van der Waals surface area contributed by atoms with Crippen LogP contribution in [0, 0.1) is 6.92 Å². The standard InChI is InChI=1S/C15H16N2O5S/c1-8-12(14(19)22-4)23-15(16-8)17-13(18)11-9(20-2)6-5-7-10(11)21-3/h5-7H,1-4H3,(H,16,17,18). The Balaban J connectivity index is 2.32. The lowest BCUT2D eigenvalue weighted by Crippen LogP contribution is -2.14. The summed E-state index contributed by atoms with van der Waals surface area (Å²) in [6, 6.07) is 5.03. The van der Waals surface area contributed by atoms with Crippen LogP contribution in [-0.4, -0.2) is 38.2 Å². The van der Waals surface area contributed by atoms with Crippen molar-refractivity contribution in [1.29, 1.82) is 0 Å². The molecule has 1 heterocycles.